The van der Waals surface area contributed by atoms with Crippen molar-refractivity contribution in [1.29, 1.82) is 0 Å². The number of nitrogens with zero attached hydrogens (tertiary/aromatic N) is 3. The predicted octanol–water partition coefficient (Wildman–Crippen LogP) is 4.79. The molecule has 2 aromatic carbocycles. The third-order valence-electron chi connectivity index (χ3n) is 4.22. The number of hydrogen-bond donors (Lipinski definition) is 0. The van der Waals surface area contributed by atoms with Gasteiger partial charge in [0.05, 0.1) is 4.88 Å². The number of rotatable bonds is 4. The number of benzene rings is 2. The Morgan fingerprint density at radius 2 is 1.69 bits per heavy atom. The van der Waals surface area contributed by atoms with Crippen molar-refractivity contribution >= 4 is 34.1 Å². The lowest BCUT2D eigenvalue weighted by molar-refractivity contribution is -0.509. The van der Waals surface area contributed by atoms with Gasteiger partial charge in [0, 0.05) is 25.8 Å². The van der Waals surface area contributed by atoms with Crippen molar-refractivity contribution in [2.45, 2.75) is 0 Å². The highest BCUT2D eigenvalue weighted by Crippen LogP contribution is 2.24. The van der Waals surface area contributed by atoms with E-state index in [0.29, 0.717) is 0 Å². The van der Waals surface area contributed by atoms with Gasteiger partial charge in [-0.15, -0.1) is 0 Å². The molecule has 4 rings (SSSR count). The molecule has 4 aromatic rings. The SMILES string of the molecule is CN(C)c1ccc(/C=C/c2cc[n+]3cc(-c4ccccc4)sc3n2)cc1. The second kappa shape index (κ2) is 7.10. The summed E-state index contributed by atoms with van der Waals surface area (Å²) in [5.74, 6) is 0. The van der Waals surface area contributed by atoms with Crippen LogP contribution in [0.3, 0.4) is 0 Å². The topological polar surface area (TPSA) is 20.2 Å². The highest BCUT2D eigenvalue weighted by atomic mass is 32.1. The van der Waals surface area contributed by atoms with Crippen LogP contribution in [-0.4, -0.2) is 19.1 Å². The molecule has 0 atom stereocenters. The highest BCUT2D eigenvalue weighted by Gasteiger charge is 2.12. The standard InChI is InChI=1S/C22H20N3S/c1-24(2)20-12-9-17(10-13-20)8-11-19-14-15-25-16-21(26-22(25)23-19)18-6-4-3-5-7-18/h3-16H,1-2H3/q+1. The lowest BCUT2D eigenvalue weighted by Gasteiger charge is -2.11. The molecule has 0 fully saturated rings. The summed E-state index contributed by atoms with van der Waals surface area (Å²) in [6.07, 6.45) is 8.37. The quantitative estimate of drug-likeness (QED) is 0.489. The fraction of sp³-hybridized carbons (Fsp3) is 0.0909. The zero-order valence-electron chi connectivity index (χ0n) is 14.8. The Bertz CT molecular complexity index is 1050. The van der Waals surface area contributed by atoms with E-state index in [2.05, 4.69) is 82.4 Å². The average molecular weight is 358 g/mol. The van der Waals surface area contributed by atoms with Crippen LogP contribution in [0.5, 0.6) is 0 Å². The Balaban J connectivity index is 1.59. The lowest BCUT2D eigenvalue weighted by atomic mass is 10.2. The molecule has 0 N–H and O–H groups in total. The number of aromatic nitrogens is 2. The van der Waals surface area contributed by atoms with Crippen LogP contribution >= 0.6 is 11.3 Å². The van der Waals surface area contributed by atoms with E-state index < -0.39 is 0 Å². The van der Waals surface area contributed by atoms with Gasteiger partial charge in [0.15, 0.2) is 5.69 Å². The number of fused-ring (bicyclic) bond motifs is 1. The van der Waals surface area contributed by atoms with Crippen LogP contribution in [0.1, 0.15) is 11.3 Å². The summed E-state index contributed by atoms with van der Waals surface area (Å²) in [7, 11) is 4.10. The molecule has 0 saturated carbocycles. The Morgan fingerprint density at radius 3 is 2.42 bits per heavy atom. The number of anilines is 1. The van der Waals surface area contributed by atoms with Crippen LogP contribution in [0.15, 0.2) is 73.1 Å². The van der Waals surface area contributed by atoms with Gasteiger partial charge in [-0.05, 0) is 45.7 Å². The summed E-state index contributed by atoms with van der Waals surface area (Å²) < 4.78 is 2.08. The van der Waals surface area contributed by atoms with Crippen molar-refractivity contribution in [3.63, 3.8) is 0 Å². The molecular formula is C22H20N3S+. The second-order valence-electron chi connectivity index (χ2n) is 6.32. The van der Waals surface area contributed by atoms with E-state index >= 15 is 0 Å². The van der Waals surface area contributed by atoms with Crippen molar-refractivity contribution < 1.29 is 4.40 Å². The molecule has 4 heteroatoms. The highest BCUT2D eigenvalue weighted by molar-refractivity contribution is 7.19. The van der Waals surface area contributed by atoms with Crippen LogP contribution in [0, 0.1) is 0 Å². The van der Waals surface area contributed by atoms with Crippen LogP contribution in [-0.2, 0) is 0 Å². The molecular weight excluding hydrogens is 338 g/mol. The minimum Gasteiger partial charge on any atom is -0.378 e. The summed E-state index contributed by atoms with van der Waals surface area (Å²) in [5.41, 5.74) is 4.55. The Morgan fingerprint density at radius 1 is 0.923 bits per heavy atom. The van der Waals surface area contributed by atoms with Crippen LogP contribution in [0.25, 0.3) is 27.6 Å². The molecule has 0 aliphatic carbocycles. The summed E-state index contributed by atoms with van der Waals surface area (Å²) in [4.78, 5) is 9.08. The monoisotopic (exact) mass is 358 g/mol. The van der Waals surface area contributed by atoms with Crippen molar-refractivity contribution in [3.05, 3.63) is 84.3 Å². The Labute approximate surface area is 157 Å². The molecule has 0 amide bonds. The fourth-order valence-corrected chi connectivity index (χ4v) is 3.73. The third-order valence-corrected chi connectivity index (χ3v) is 5.27. The van der Waals surface area contributed by atoms with Gasteiger partial charge in [0.2, 0.25) is 0 Å². The summed E-state index contributed by atoms with van der Waals surface area (Å²) in [6, 6.07) is 21.0. The van der Waals surface area contributed by atoms with Crippen LogP contribution in [0.2, 0.25) is 0 Å². The molecule has 2 aromatic heterocycles. The summed E-state index contributed by atoms with van der Waals surface area (Å²) in [5, 5.41) is 0. The zero-order chi connectivity index (χ0) is 17.9. The van der Waals surface area contributed by atoms with Gasteiger partial charge >= 0.3 is 4.96 Å². The molecule has 0 aliphatic rings. The van der Waals surface area contributed by atoms with Gasteiger partial charge in [-0.2, -0.15) is 4.40 Å². The molecule has 2 heterocycles. The third kappa shape index (κ3) is 3.51. The van der Waals surface area contributed by atoms with E-state index in [4.69, 9.17) is 4.98 Å². The first-order valence-electron chi connectivity index (χ1n) is 8.52. The first-order chi connectivity index (χ1) is 12.7. The van der Waals surface area contributed by atoms with Gasteiger partial charge < -0.3 is 4.90 Å². The molecule has 0 radical (unpaired) electrons. The molecule has 3 nitrogen and oxygen atoms in total. The van der Waals surface area contributed by atoms with Gasteiger partial charge in [0.1, 0.15) is 12.4 Å². The van der Waals surface area contributed by atoms with E-state index in [0.717, 1.165) is 10.7 Å². The molecule has 0 bridgehead atoms. The van der Waals surface area contributed by atoms with Crippen LogP contribution in [0.4, 0.5) is 5.69 Å². The predicted molar refractivity (Wildman–Crippen MR) is 110 cm³/mol. The Hall–Kier alpha value is -2.98. The molecule has 0 aliphatic heterocycles. The van der Waals surface area contributed by atoms with E-state index in [1.165, 1.54) is 21.7 Å². The first kappa shape index (κ1) is 16.5. The second-order valence-corrected chi connectivity index (χ2v) is 7.33. The van der Waals surface area contributed by atoms with Gasteiger partial charge in [-0.1, -0.05) is 48.5 Å². The maximum atomic E-state index is 4.77. The van der Waals surface area contributed by atoms with Gasteiger partial charge in [0.25, 0.3) is 0 Å². The van der Waals surface area contributed by atoms with Crippen molar-refractivity contribution in [2.75, 3.05) is 19.0 Å². The van der Waals surface area contributed by atoms with Crippen LogP contribution < -0.4 is 9.30 Å². The molecule has 26 heavy (non-hydrogen) atoms. The first-order valence-corrected chi connectivity index (χ1v) is 9.33. The minimum absolute atomic E-state index is 0.961. The lowest BCUT2D eigenvalue weighted by Crippen LogP contribution is -2.17. The fourth-order valence-electron chi connectivity index (χ4n) is 2.74. The Kier molecular flexibility index (Phi) is 4.50. The summed E-state index contributed by atoms with van der Waals surface area (Å²) >= 11 is 1.70. The molecule has 0 unspecified atom stereocenters. The van der Waals surface area contributed by atoms with E-state index in [1.54, 1.807) is 11.3 Å². The van der Waals surface area contributed by atoms with E-state index in [9.17, 15) is 0 Å². The molecule has 128 valence electrons. The average Bonchev–Trinajstić information content (AvgIpc) is 3.11. The zero-order valence-corrected chi connectivity index (χ0v) is 15.6. The maximum absolute atomic E-state index is 4.77. The van der Waals surface area contributed by atoms with Crippen molar-refractivity contribution in [1.82, 2.24) is 4.98 Å². The number of hydrogen-bond acceptors (Lipinski definition) is 3. The molecule has 0 saturated heterocycles. The van der Waals surface area contributed by atoms with E-state index in [1.807, 2.05) is 26.2 Å². The molecule has 0 spiro atoms. The summed E-state index contributed by atoms with van der Waals surface area (Å²) in [6.45, 7) is 0. The van der Waals surface area contributed by atoms with E-state index in [-0.39, 0.29) is 0 Å². The van der Waals surface area contributed by atoms with Gasteiger partial charge in [-0.3, -0.25) is 0 Å². The normalized spacial score (nSPS) is 11.3. The smallest absolute Gasteiger partial charge is 0.378 e. The largest absolute Gasteiger partial charge is 0.388 e. The van der Waals surface area contributed by atoms with Crippen molar-refractivity contribution in [2.24, 2.45) is 0 Å². The maximum Gasteiger partial charge on any atom is 0.388 e. The number of thiazole rings is 1. The van der Waals surface area contributed by atoms with Crippen molar-refractivity contribution in [3.8, 4) is 10.4 Å². The van der Waals surface area contributed by atoms with Gasteiger partial charge in [-0.25, -0.2) is 0 Å². The minimum atomic E-state index is 0.961.